The van der Waals surface area contributed by atoms with Crippen LogP contribution >= 0.6 is 0 Å². The van der Waals surface area contributed by atoms with Gasteiger partial charge in [-0.05, 0) is 43.9 Å². The number of nitrogens with zero attached hydrogens (tertiary/aromatic N) is 4. The first kappa shape index (κ1) is 16.5. The predicted molar refractivity (Wildman–Crippen MR) is 101 cm³/mol. The molecule has 6 nitrogen and oxygen atoms in total. The molecule has 0 unspecified atom stereocenters. The van der Waals surface area contributed by atoms with Crippen molar-refractivity contribution < 1.29 is 9.59 Å². The summed E-state index contributed by atoms with van der Waals surface area (Å²) in [7, 11) is 0. The molecule has 2 heterocycles. The Balaban J connectivity index is 1.36. The Kier molecular flexibility index (Phi) is 3.99. The Morgan fingerprint density at radius 1 is 0.889 bits per heavy atom. The molecule has 2 amide bonds. The number of rotatable bonds is 4. The van der Waals surface area contributed by atoms with Crippen molar-refractivity contribution in [3.63, 3.8) is 0 Å². The average Bonchev–Trinajstić information content (AvgIpc) is 3.65. The Hall–Kier alpha value is -2.63. The Bertz CT molecular complexity index is 860. The van der Waals surface area contributed by atoms with Gasteiger partial charge in [-0.15, -0.1) is 0 Å². The molecule has 1 aromatic carbocycles. The number of amides is 2. The zero-order valence-electron chi connectivity index (χ0n) is 15.4. The Morgan fingerprint density at radius 2 is 1.56 bits per heavy atom. The molecule has 0 spiro atoms. The van der Waals surface area contributed by atoms with Crippen LogP contribution in [0.4, 0.5) is 0 Å². The quantitative estimate of drug-likeness (QED) is 0.837. The van der Waals surface area contributed by atoms with E-state index in [2.05, 4.69) is 0 Å². The minimum Gasteiger partial charge on any atom is -0.339 e. The van der Waals surface area contributed by atoms with Gasteiger partial charge in [0.25, 0.3) is 5.91 Å². The van der Waals surface area contributed by atoms with E-state index < -0.39 is 0 Å². The van der Waals surface area contributed by atoms with Crippen LogP contribution in [0.1, 0.15) is 47.8 Å². The first-order valence-electron chi connectivity index (χ1n) is 9.94. The maximum absolute atomic E-state index is 13.2. The fourth-order valence-electron chi connectivity index (χ4n) is 3.78. The van der Waals surface area contributed by atoms with Gasteiger partial charge in [0.05, 0.1) is 11.4 Å². The highest BCUT2D eigenvalue weighted by Crippen LogP contribution is 2.40. The van der Waals surface area contributed by atoms with Crippen molar-refractivity contribution in [2.45, 2.75) is 31.6 Å². The maximum atomic E-state index is 13.2. The van der Waals surface area contributed by atoms with Crippen LogP contribution in [0, 0.1) is 5.92 Å². The van der Waals surface area contributed by atoms with Crippen molar-refractivity contribution in [1.82, 2.24) is 19.6 Å². The summed E-state index contributed by atoms with van der Waals surface area (Å²) < 4.78 is 1.79. The fourth-order valence-corrected chi connectivity index (χ4v) is 3.78. The highest BCUT2D eigenvalue weighted by molar-refractivity contribution is 5.93. The third-order valence-electron chi connectivity index (χ3n) is 5.75. The molecule has 5 rings (SSSR count). The molecule has 1 aromatic heterocycles. The molecule has 2 aromatic rings. The second-order valence-electron chi connectivity index (χ2n) is 7.87. The lowest BCUT2D eigenvalue weighted by atomic mass is 10.2. The van der Waals surface area contributed by atoms with Crippen LogP contribution in [0.3, 0.4) is 0 Å². The van der Waals surface area contributed by atoms with Gasteiger partial charge < -0.3 is 9.80 Å². The first-order chi connectivity index (χ1) is 13.2. The van der Waals surface area contributed by atoms with E-state index in [0.29, 0.717) is 37.8 Å². The Morgan fingerprint density at radius 3 is 2.19 bits per heavy atom. The molecular formula is C21H24N4O2. The van der Waals surface area contributed by atoms with Crippen molar-refractivity contribution in [1.29, 1.82) is 0 Å². The van der Waals surface area contributed by atoms with Gasteiger partial charge in [0, 0.05) is 38.0 Å². The number of piperazine rings is 1. The second-order valence-corrected chi connectivity index (χ2v) is 7.87. The summed E-state index contributed by atoms with van der Waals surface area (Å²) in [6.45, 7) is 2.46. The van der Waals surface area contributed by atoms with E-state index in [9.17, 15) is 9.59 Å². The topological polar surface area (TPSA) is 58.4 Å². The molecular weight excluding hydrogens is 340 g/mol. The van der Waals surface area contributed by atoms with Crippen LogP contribution in [0.5, 0.6) is 0 Å². The van der Waals surface area contributed by atoms with E-state index >= 15 is 0 Å². The molecule has 1 aliphatic heterocycles. The van der Waals surface area contributed by atoms with Gasteiger partial charge in [0.15, 0.2) is 0 Å². The third kappa shape index (κ3) is 3.24. The SMILES string of the molecule is O=C(c1cc(C2CC2)nn1-c1ccccc1)N1CCN(C(=O)C2CC2)CC1. The molecule has 0 radical (unpaired) electrons. The zero-order chi connectivity index (χ0) is 18.4. The monoisotopic (exact) mass is 364 g/mol. The highest BCUT2D eigenvalue weighted by Gasteiger charge is 2.36. The normalized spacial score (nSPS) is 20.0. The molecule has 2 aliphatic carbocycles. The number of aromatic nitrogens is 2. The van der Waals surface area contributed by atoms with E-state index in [4.69, 9.17) is 5.10 Å². The van der Waals surface area contributed by atoms with Crippen molar-refractivity contribution in [2.75, 3.05) is 26.2 Å². The van der Waals surface area contributed by atoms with E-state index in [1.807, 2.05) is 46.2 Å². The molecule has 0 N–H and O–H groups in total. The van der Waals surface area contributed by atoms with E-state index in [-0.39, 0.29) is 17.7 Å². The zero-order valence-corrected chi connectivity index (χ0v) is 15.4. The average molecular weight is 364 g/mol. The number of benzene rings is 1. The minimum absolute atomic E-state index is 0.0109. The molecule has 2 saturated carbocycles. The first-order valence-corrected chi connectivity index (χ1v) is 9.94. The molecule has 0 bridgehead atoms. The lowest BCUT2D eigenvalue weighted by molar-refractivity contribution is -0.134. The third-order valence-corrected chi connectivity index (χ3v) is 5.75. The predicted octanol–water partition coefficient (Wildman–Crippen LogP) is 2.44. The van der Waals surface area contributed by atoms with Crippen LogP contribution in [-0.4, -0.2) is 57.6 Å². The van der Waals surface area contributed by atoms with Gasteiger partial charge in [-0.1, -0.05) is 18.2 Å². The summed E-state index contributed by atoms with van der Waals surface area (Å²) in [6.07, 6.45) is 4.36. The van der Waals surface area contributed by atoms with Gasteiger partial charge in [-0.3, -0.25) is 9.59 Å². The van der Waals surface area contributed by atoms with Gasteiger partial charge in [0.2, 0.25) is 5.91 Å². The van der Waals surface area contributed by atoms with Crippen molar-refractivity contribution in [3.05, 3.63) is 47.8 Å². The molecule has 27 heavy (non-hydrogen) atoms. The summed E-state index contributed by atoms with van der Waals surface area (Å²) in [4.78, 5) is 29.3. The molecule has 6 heteroatoms. The van der Waals surface area contributed by atoms with Gasteiger partial charge in [-0.25, -0.2) is 4.68 Å². The molecule has 1 saturated heterocycles. The standard InChI is InChI=1S/C21H24N4O2/c26-20(16-8-9-16)23-10-12-24(13-11-23)21(27)19-14-18(15-6-7-15)22-25(19)17-4-2-1-3-5-17/h1-5,14-16H,6-13H2. The summed E-state index contributed by atoms with van der Waals surface area (Å²) in [5.74, 6) is 1.02. The number of para-hydroxylation sites is 1. The number of hydrogen-bond acceptors (Lipinski definition) is 3. The summed E-state index contributed by atoms with van der Waals surface area (Å²) in [5, 5.41) is 4.74. The maximum Gasteiger partial charge on any atom is 0.272 e. The van der Waals surface area contributed by atoms with Crippen LogP contribution in [0.15, 0.2) is 36.4 Å². The number of hydrogen-bond donors (Lipinski definition) is 0. The lowest BCUT2D eigenvalue weighted by Gasteiger charge is -2.34. The van der Waals surface area contributed by atoms with Crippen LogP contribution < -0.4 is 0 Å². The van der Waals surface area contributed by atoms with Crippen molar-refractivity contribution in [3.8, 4) is 5.69 Å². The highest BCUT2D eigenvalue weighted by atomic mass is 16.2. The van der Waals surface area contributed by atoms with E-state index in [0.717, 1.165) is 37.1 Å². The van der Waals surface area contributed by atoms with Crippen molar-refractivity contribution >= 4 is 11.8 Å². The van der Waals surface area contributed by atoms with E-state index in [1.165, 1.54) is 0 Å². The van der Waals surface area contributed by atoms with Crippen LogP contribution in [0.25, 0.3) is 5.69 Å². The van der Waals surface area contributed by atoms with Crippen molar-refractivity contribution in [2.24, 2.45) is 5.92 Å². The second kappa shape index (κ2) is 6.51. The van der Waals surface area contributed by atoms with Gasteiger partial charge >= 0.3 is 0 Å². The largest absolute Gasteiger partial charge is 0.339 e. The van der Waals surface area contributed by atoms with E-state index in [1.54, 1.807) is 4.68 Å². The van der Waals surface area contributed by atoms with Gasteiger partial charge in [0.1, 0.15) is 5.69 Å². The summed E-state index contributed by atoms with van der Waals surface area (Å²) in [6, 6.07) is 11.8. The van der Waals surface area contributed by atoms with Crippen LogP contribution in [-0.2, 0) is 4.79 Å². The van der Waals surface area contributed by atoms with Gasteiger partial charge in [-0.2, -0.15) is 5.10 Å². The van der Waals surface area contributed by atoms with Crippen LogP contribution in [0.2, 0.25) is 0 Å². The lowest BCUT2D eigenvalue weighted by Crippen LogP contribution is -2.51. The number of carbonyl (C=O) groups is 2. The minimum atomic E-state index is 0.0109. The summed E-state index contributed by atoms with van der Waals surface area (Å²) >= 11 is 0. The molecule has 3 aliphatic rings. The smallest absolute Gasteiger partial charge is 0.272 e. The Labute approximate surface area is 158 Å². The molecule has 140 valence electrons. The molecule has 0 atom stereocenters. The fraction of sp³-hybridized carbons (Fsp3) is 0.476. The summed E-state index contributed by atoms with van der Waals surface area (Å²) in [5.41, 5.74) is 2.56. The number of carbonyl (C=O) groups excluding carboxylic acids is 2. The molecule has 3 fully saturated rings.